The van der Waals surface area contributed by atoms with Gasteiger partial charge in [0.25, 0.3) is 0 Å². The minimum Gasteiger partial charge on any atom is -0.497 e. The molecule has 0 N–H and O–H groups in total. The minimum atomic E-state index is 0.00828. The van der Waals surface area contributed by atoms with Gasteiger partial charge < -0.3 is 19.1 Å². The van der Waals surface area contributed by atoms with Crippen LogP contribution in [0.1, 0.15) is 11.1 Å². The lowest BCUT2D eigenvalue weighted by atomic mass is 10.0. The number of ether oxygens (including phenoxy) is 3. The second kappa shape index (κ2) is 10.8. The summed E-state index contributed by atoms with van der Waals surface area (Å²) in [5, 5.41) is 0. The number of methoxy groups -OCH3 is 1. The van der Waals surface area contributed by atoms with Gasteiger partial charge in [0.2, 0.25) is 0 Å². The maximum absolute atomic E-state index is 6.08. The number of likely N-dealkylation sites (N-methyl/N-ethyl adjacent to an activating group) is 1. The largest absolute Gasteiger partial charge is 0.497 e. The molecule has 4 nitrogen and oxygen atoms in total. The van der Waals surface area contributed by atoms with Crippen LogP contribution >= 0.6 is 0 Å². The van der Waals surface area contributed by atoms with Crippen molar-refractivity contribution in [2.75, 3.05) is 41.0 Å². The molecule has 4 heteroatoms. The Labute approximate surface area is 157 Å². The third-order valence-electron chi connectivity index (χ3n) is 4.14. The minimum absolute atomic E-state index is 0.00828. The van der Waals surface area contributed by atoms with E-state index in [0.29, 0.717) is 13.2 Å². The summed E-state index contributed by atoms with van der Waals surface area (Å²) in [6.07, 6.45) is 1.86. The van der Waals surface area contributed by atoms with E-state index < -0.39 is 0 Å². The molecule has 2 rings (SSSR count). The number of hydrogen-bond acceptors (Lipinski definition) is 4. The van der Waals surface area contributed by atoms with Crippen molar-refractivity contribution in [2.45, 2.75) is 18.9 Å². The van der Waals surface area contributed by atoms with E-state index in [4.69, 9.17) is 14.2 Å². The smallest absolute Gasteiger partial charge is 0.122 e. The van der Waals surface area contributed by atoms with Crippen molar-refractivity contribution in [2.24, 2.45) is 0 Å². The topological polar surface area (TPSA) is 30.9 Å². The van der Waals surface area contributed by atoms with E-state index >= 15 is 0 Å². The third-order valence-corrected chi connectivity index (χ3v) is 4.14. The van der Waals surface area contributed by atoms with Crippen LogP contribution in [-0.4, -0.2) is 52.0 Å². The molecule has 0 bridgehead atoms. The highest BCUT2D eigenvalue weighted by atomic mass is 16.5. The predicted octanol–water partition coefficient (Wildman–Crippen LogP) is 3.64. The fourth-order valence-electron chi connectivity index (χ4n) is 2.87. The van der Waals surface area contributed by atoms with E-state index in [9.17, 15) is 0 Å². The zero-order valence-corrected chi connectivity index (χ0v) is 16.1. The Morgan fingerprint density at radius 3 is 2.58 bits per heavy atom. The number of para-hydroxylation sites is 1. The van der Waals surface area contributed by atoms with Gasteiger partial charge in [0.05, 0.1) is 7.11 Å². The molecule has 1 atom stereocenters. The summed E-state index contributed by atoms with van der Waals surface area (Å²) in [4.78, 5) is 2.10. The molecule has 0 unspecified atom stereocenters. The molecule has 1 radical (unpaired) electrons. The molecule has 0 aliphatic rings. The highest BCUT2D eigenvalue weighted by molar-refractivity contribution is 5.35. The maximum Gasteiger partial charge on any atom is 0.122 e. The molecule has 0 spiro atoms. The average molecular weight is 356 g/mol. The molecular weight excluding hydrogens is 326 g/mol. The fourth-order valence-corrected chi connectivity index (χ4v) is 2.87. The van der Waals surface area contributed by atoms with Crippen LogP contribution in [-0.2, 0) is 17.6 Å². The predicted molar refractivity (Wildman–Crippen MR) is 106 cm³/mol. The summed E-state index contributed by atoms with van der Waals surface area (Å²) in [5.74, 6) is 1.82. The van der Waals surface area contributed by atoms with Gasteiger partial charge in [0, 0.05) is 13.2 Å². The van der Waals surface area contributed by atoms with Crippen LogP contribution in [0, 0.1) is 6.92 Å². The van der Waals surface area contributed by atoms with E-state index in [-0.39, 0.29) is 6.10 Å². The Morgan fingerprint density at radius 2 is 1.85 bits per heavy atom. The molecule has 0 amide bonds. The van der Waals surface area contributed by atoms with Gasteiger partial charge in [-0.3, -0.25) is 0 Å². The first kappa shape index (κ1) is 20.3. The van der Waals surface area contributed by atoms with Gasteiger partial charge in [-0.1, -0.05) is 30.3 Å². The van der Waals surface area contributed by atoms with E-state index in [1.807, 2.05) is 38.4 Å². The summed E-state index contributed by atoms with van der Waals surface area (Å²) in [5.41, 5.74) is 2.46. The van der Waals surface area contributed by atoms with Crippen molar-refractivity contribution >= 4 is 0 Å². The van der Waals surface area contributed by atoms with Gasteiger partial charge in [-0.25, -0.2) is 0 Å². The van der Waals surface area contributed by atoms with Gasteiger partial charge in [-0.2, -0.15) is 0 Å². The van der Waals surface area contributed by atoms with Crippen LogP contribution in [0.2, 0.25) is 0 Å². The molecule has 0 saturated carbocycles. The molecule has 0 saturated heterocycles. The molecule has 0 aromatic heterocycles. The zero-order valence-electron chi connectivity index (χ0n) is 16.1. The summed E-state index contributed by atoms with van der Waals surface area (Å²) >= 11 is 0. The van der Waals surface area contributed by atoms with Crippen LogP contribution < -0.4 is 9.47 Å². The standard InChI is InChI=1S/C22H30NO3/c1-5-25-21(16-23(2)3)17-26-22-12-7-6-10-19(22)14-13-18-9-8-11-20(15-18)24-4/h6-12,15,21H,1,5,13-14,16-17H2,2-4H3/t21-/m1/s1. The highest BCUT2D eigenvalue weighted by Gasteiger charge is 2.12. The Kier molecular flexibility index (Phi) is 8.45. The summed E-state index contributed by atoms with van der Waals surface area (Å²) < 4.78 is 17.1. The van der Waals surface area contributed by atoms with E-state index in [2.05, 4.69) is 36.1 Å². The summed E-state index contributed by atoms with van der Waals surface area (Å²) in [7, 11) is 5.75. The van der Waals surface area contributed by atoms with Gasteiger partial charge in [-0.05, 0) is 63.2 Å². The highest BCUT2D eigenvalue weighted by Crippen LogP contribution is 2.22. The number of nitrogens with zero attached hydrogens (tertiary/aromatic N) is 1. The van der Waals surface area contributed by atoms with Crippen LogP contribution in [0.4, 0.5) is 0 Å². The lowest BCUT2D eigenvalue weighted by Crippen LogP contribution is -2.33. The SMILES string of the molecule is [CH2]CO[C@@H](COc1ccccc1CCc1cccc(OC)c1)CN(C)C. The number of benzene rings is 2. The second-order valence-corrected chi connectivity index (χ2v) is 6.53. The molecule has 0 aliphatic carbocycles. The van der Waals surface area contributed by atoms with Crippen molar-refractivity contribution in [3.8, 4) is 11.5 Å². The first-order valence-electron chi connectivity index (χ1n) is 9.01. The second-order valence-electron chi connectivity index (χ2n) is 6.53. The Bertz CT molecular complexity index is 657. The number of hydrogen-bond donors (Lipinski definition) is 0. The molecule has 2 aromatic carbocycles. The Balaban J connectivity index is 1.97. The Morgan fingerprint density at radius 1 is 1.04 bits per heavy atom. The normalized spacial score (nSPS) is 12.2. The molecule has 2 aromatic rings. The average Bonchev–Trinajstić information content (AvgIpc) is 2.65. The van der Waals surface area contributed by atoms with Gasteiger partial charge >= 0.3 is 0 Å². The first-order valence-corrected chi connectivity index (χ1v) is 9.01. The molecular formula is C22H30NO3. The molecule has 0 fully saturated rings. The summed E-state index contributed by atoms with van der Waals surface area (Å²) in [6.45, 7) is 5.54. The van der Waals surface area contributed by atoms with Crippen molar-refractivity contribution in [3.05, 3.63) is 66.6 Å². The van der Waals surface area contributed by atoms with Gasteiger partial charge in [0.1, 0.15) is 24.2 Å². The van der Waals surface area contributed by atoms with Crippen molar-refractivity contribution in [3.63, 3.8) is 0 Å². The van der Waals surface area contributed by atoms with Crippen LogP contribution in [0.25, 0.3) is 0 Å². The summed E-state index contributed by atoms with van der Waals surface area (Å²) in [6, 6.07) is 16.4. The first-order chi connectivity index (χ1) is 12.6. The lowest BCUT2D eigenvalue weighted by Gasteiger charge is -2.22. The van der Waals surface area contributed by atoms with Crippen molar-refractivity contribution < 1.29 is 14.2 Å². The van der Waals surface area contributed by atoms with E-state index in [1.165, 1.54) is 11.1 Å². The maximum atomic E-state index is 6.08. The van der Waals surface area contributed by atoms with Crippen molar-refractivity contribution in [1.82, 2.24) is 4.90 Å². The van der Waals surface area contributed by atoms with E-state index in [0.717, 1.165) is 30.9 Å². The Hall–Kier alpha value is -2.04. The quantitative estimate of drug-likeness (QED) is 0.615. The molecule has 141 valence electrons. The monoisotopic (exact) mass is 356 g/mol. The van der Waals surface area contributed by atoms with Crippen LogP contribution in [0.5, 0.6) is 11.5 Å². The van der Waals surface area contributed by atoms with E-state index in [1.54, 1.807) is 7.11 Å². The van der Waals surface area contributed by atoms with Crippen LogP contribution in [0.3, 0.4) is 0 Å². The number of rotatable bonds is 11. The molecule has 0 aliphatic heterocycles. The van der Waals surface area contributed by atoms with Crippen molar-refractivity contribution in [1.29, 1.82) is 0 Å². The number of aryl methyl sites for hydroxylation is 2. The van der Waals surface area contributed by atoms with Gasteiger partial charge in [-0.15, -0.1) is 0 Å². The van der Waals surface area contributed by atoms with Gasteiger partial charge in [0.15, 0.2) is 0 Å². The third kappa shape index (κ3) is 6.70. The zero-order chi connectivity index (χ0) is 18.8. The van der Waals surface area contributed by atoms with Crippen LogP contribution in [0.15, 0.2) is 48.5 Å². The fraction of sp³-hybridized carbons (Fsp3) is 0.409. The molecule has 26 heavy (non-hydrogen) atoms. The molecule has 0 heterocycles. The lowest BCUT2D eigenvalue weighted by molar-refractivity contribution is 0.0195.